The van der Waals surface area contributed by atoms with Crippen LogP contribution in [-0.4, -0.2) is 13.0 Å². The van der Waals surface area contributed by atoms with Crippen molar-refractivity contribution in [3.63, 3.8) is 0 Å². The second-order valence-corrected chi connectivity index (χ2v) is 12.1. The molecule has 3 nitrogen and oxygen atoms in total. The van der Waals surface area contributed by atoms with Gasteiger partial charge in [0.1, 0.15) is 10.1 Å². The first-order valence-corrected chi connectivity index (χ1v) is 16.4. The number of benzene rings is 2. The van der Waals surface area contributed by atoms with E-state index in [1.165, 1.54) is 126 Å². The molecule has 0 atom stereocenters. The van der Waals surface area contributed by atoms with Gasteiger partial charge in [-0.1, -0.05) is 135 Å². The van der Waals surface area contributed by atoms with E-state index in [2.05, 4.69) is 19.9 Å². The topological polar surface area (TPSA) is 57.2 Å². The molecule has 0 fully saturated rings. The standard InChI is InChI=1S/C32H52O3S.Na/c1-3-5-7-9-11-13-15-17-19-22-28-26-30-24-21-25-32(36(33,34)35)31(30)27-29(28)23-20-18-16-14-12-10-8-6-4-2;/h21,24-27H,3-20,22-23H2,1-2H3,(H,33,34,35);/q;+1/p-1. The summed E-state index contributed by atoms with van der Waals surface area (Å²) in [7, 11) is -4.49. The quantitative estimate of drug-likeness (QED) is 0.0987. The summed E-state index contributed by atoms with van der Waals surface area (Å²) in [6, 6.07) is 9.24. The Balaban J connectivity index is 0.00000684. The third-order valence-electron chi connectivity index (χ3n) is 7.53. The van der Waals surface area contributed by atoms with Crippen LogP contribution in [0.1, 0.15) is 141 Å². The molecule has 0 aliphatic heterocycles. The number of hydrogen-bond acceptors (Lipinski definition) is 3. The average Bonchev–Trinajstić information content (AvgIpc) is 2.85. The fourth-order valence-corrected chi connectivity index (χ4v) is 6.02. The van der Waals surface area contributed by atoms with Gasteiger partial charge in [-0.3, -0.25) is 0 Å². The van der Waals surface area contributed by atoms with Gasteiger partial charge in [0.15, 0.2) is 0 Å². The number of fused-ring (bicyclic) bond motifs is 1. The molecular formula is C32H51NaO3S. The van der Waals surface area contributed by atoms with Crippen molar-refractivity contribution >= 4 is 20.9 Å². The Morgan fingerprint density at radius 1 is 0.595 bits per heavy atom. The summed E-state index contributed by atoms with van der Waals surface area (Å²) in [5.41, 5.74) is 2.58. The van der Waals surface area contributed by atoms with Gasteiger partial charge in [-0.2, -0.15) is 0 Å². The van der Waals surface area contributed by atoms with Gasteiger partial charge in [-0.05, 0) is 59.7 Å². The van der Waals surface area contributed by atoms with E-state index in [1.807, 2.05) is 12.1 Å². The van der Waals surface area contributed by atoms with Crippen molar-refractivity contribution in [3.05, 3.63) is 41.5 Å². The van der Waals surface area contributed by atoms with Crippen LogP contribution in [0.15, 0.2) is 35.2 Å². The Morgan fingerprint density at radius 2 is 1.00 bits per heavy atom. The summed E-state index contributed by atoms with van der Waals surface area (Å²) in [6.07, 6.45) is 25.4. The van der Waals surface area contributed by atoms with E-state index < -0.39 is 10.1 Å². The Morgan fingerprint density at radius 3 is 1.43 bits per heavy atom. The zero-order valence-corrected chi connectivity index (χ0v) is 27.0. The molecule has 0 saturated carbocycles. The molecule has 0 saturated heterocycles. The van der Waals surface area contributed by atoms with Crippen molar-refractivity contribution in [2.75, 3.05) is 0 Å². The summed E-state index contributed by atoms with van der Waals surface area (Å²) in [5.74, 6) is 0. The van der Waals surface area contributed by atoms with E-state index in [0.717, 1.165) is 24.6 Å². The molecule has 0 radical (unpaired) electrons. The first kappa shape index (κ1) is 34.6. The monoisotopic (exact) mass is 538 g/mol. The fourth-order valence-electron chi connectivity index (χ4n) is 5.32. The molecule has 0 unspecified atom stereocenters. The number of rotatable bonds is 21. The van der Waals surface area contributed by atoms with Crippen LogP contribution in [0.5, 0.6) is 0 Å². The largest absolute Gasteiger partial charge is 1.00 e. The maximum atomic E-state index is 11.9. The molecule has 2 aromatic rings. The molecule has 0 aromatic heterocycles. The normalized spacial score (nSPS) is 11.6. The van der Waals surface area contributed by atoms with Gasteiger partial charge in [0, 0.05) is 0 Å². The van der Waals surface area contributed by atoms with Crippen LogP contribution >= 0.6 is 0 Å². The van der Waals surface area contributed by atoms with E-state index in [1.54, 1.807) is 6.07 Å². The summed E-state index contributed by atoms with van der Waals surface area (Å²) >= 11 is 0. The van der Waals surface area contributed by atoms with Gasteiger partial charge in [0.25, 0.3) is 0 Å². The second-order valence-electron chi connectivity index (χ2n) is 10.7. The molecule has 0 N–H and O–H groups in total. The van der Waals surface area contributed by atoms with Gasteiger partial charge in [-0.25, -0.2) is 8.42 Å². The van der Waals surface area contributed by atoms with E-state index in [9.17, 15) is 13.0 Å². The van der Waals surface area contributed by atoms with Gasteiger partial charge in [0.05, 0.1) is 4.90 Å². The zero-order valence-electron chi connectivity index (χ0n) is 24.2. The molecule has 0 bridgehead atoms. The van der Waals surface area contributed by atoms with Crippen LogP contribution in [0.3, 0.4) is 0 Å². The van der Waals surface area contributed by atoms with E-state index >= 15 is 0 Å². The fraction of sp³-hybridized carbons (Fsp3) is 0.688. The molecule has 204 valence electrons. The van der Waals surface area contributed by atoms with Crippen LogP contribution in [0.2, 0.25) is 0 Å². The Bertz CT molecular complexity index is 971. The van der Waals surface area contributed by atoms with Crippen molar-refractivity contribution in [3.8, 4) is 0 Å². The van der Waals surface area contributed by atoms with Crippen molar-refractivity contribution < 1.29 is 42.5 Å². The first-order valence-electron chi connectivity index (χ1n) is 15.0. The summed E-state index contributed by atoms with van der Waals surface area (Å²) in [5, 5.41) is 1.46. The van der Waals surface area contributed by atoms with Gasteiger partial charge in [0.2, 0.25) is 0 Å². The summed E-state index contributed by atoms with van der Waals surface area (Å²) < 4.78 is 35.6. The van der Waals surface area contributed by atoms with Gasteiger partial charge in [-0.15, -0.1) is 0 Å². The number of unbranched alkanes of at least 4 members (excludes halogenated alkanes) is 16. The minimum absolute atomic E-state index is 0. The molecular weight excluding hydrogens is 487 g/mol. The van der Waals surface area contributed by atoms with Gasteiger partial charge < -0.3 is 4.55 Å². The smallest absolute Gasteiger partial charge is 0.744 e. The summed E-state index contributed by atoms with van der Waals surface area (Å²) in [6.45, 7) is 4.52. The molecule has 2 aromatic carbocycles. The van der Waals surface area contributed by atoms with Crippen molar-refractivity contribution in [2.45, 2.75) is 147 Å². The maximum Gasteiger partial charge on any atom is 1.00 e. The zero-order chi connectivity index (χ0) is 26.1. The Hall–Kier alpha value is -0.390. The first-order chi connectivity index (χ1) is 17.5. The van der Waals surface area contributed by atoms with E-state index in [0.29, 0.717) is 5.39 Å². The third kappa shape index (κ3) is 14.0. The molecule has 0 aliphatic rings. The second kappa shape index (κ2) is 20.5. The number of aryl methyl sites for hydroxylation is 2. The van der Waals surface area contributed by atoms with E-state index in [-0.39, 0.29) is 34.5 Å². The average molecular weight is 539 g/mol. The SMILES string of the molecule is CCCCCCCCCCCc1cc2cccc(S(=O)(=O)[O-])c2cc1CCCCCCCCCCC.[Na+]. The van der Waals surface area contributed by atoms with Gasteiger partial charge >= 0.3 is 29.6 Å². The third-order valence-corrected chi connectivity index (χ3v) is 8.42. The Kier molecular flexibility index (Phi) is 19.2. The van der Waals surface area contributed by atoms with Crippen LogP contribution in [0.25, 0.3) is 10.8 Å². The predicted octanol–water partition coefficient (Wildman–Crippen LogP) is 6.89. The minimum atomic E-state index is -4.49. The van der Waals surface area contributed by atoms with Crippen molar-refractivity contribution in [2.24, 2.45) is 0 Å². The molecule has 0 amide bonds. The molecule has 2 rings (SSSR count). The predicted molar refractivity (Wildman–Crippen MR) is 154 cm³/mol. The van der Waals surface area contributed by atoms with Crippen molar-refractivity contribution in [1.29, 1.82) is 0 Å². The molecule has 0 heterocycles. The maximum absolute atomic E-state index is 11.9. The van der Waals surface area contributed by atoms with Crippen LogP contribution in [0.4, 0.5) is 0 Å². The molecule has 0 aliphatic carbocycles. The van der Waals surface area contributed by atoms with Crippen LogP contribution in [0, 0.1) is 0 Å². The van der Waals surface area contributed by atoms with E-state index in [4.69, 9.17) is 0 Å². The molecule has 0 spiro atoms. The van der Waals surface area contributed by atoms with Crippen LogP contribution in [-0.2, 0) is 23.0 Å². The minimum Gasteiger partial charge on any atom is -0.744 e. The molecule has 5 heteroatoms. The molecule has 37 heavy (non-hydrogen) atoms. The summed E-state index contributed by atoms with van der Waals surface area (Å²) in [4.78, 5) is -0.0806. The van der Waals surface area contributed by atoms with Crippen LogP contribution < -0.4 is 29.6 Å². The van der Waals surface area contributed by atoms with Crippen molar-refractivity contribution in [1.82, 2.24) is 0 Å². The number of hydrogen-bond donors (Lipinski definition) is 0. The Labute approximate surface area is 250 Å².